The van der Waals surface area contributed by atoms with Crippen molar-refractivity contribution in [2.45, 2.75) is 19.3 Å². The summed E-state index contributed by atoms with van der Waals surface area (Å²) in [5.74, 6) is 0.586. The lowest BCUT2D eigenvalue weighted by atomic mass is 9.90. The second-order valence-corrected chi connectivity index (χ2v) is 9.07. The molecule has 0 radical (unpaired) electrons. The molecule has 3 aromatic rings. The van der Waals surface area contributed by atoms with Crippen LogP contribution in [-0.2, 0) is 6.42 Å². The molecule has 0 spiro atoms. The fourth-order valence-corrected chi connectivity index (χ4v) is 5.05. The molecule has 5 nitrogen and oxygen atoms in total. The van der Waals surface area contributed by atoms with Crippen molar-refractivity contribution >= 4 is 28.9 Å². The SMILES string of the molecule is CN1C(=O)c2ccccc2N(C)c2ccc(C(=O)N3CCC(Cc4ccccc4)CC3)cc21. The second kappa shape index (κ2) is 8.74. The standard InChI is InChI=1S/C28H29N3O2/c1-29-24-11-7-6-10-23(24)28(33)30(2)26-19-22(12-13-25(26)29)27(32)31-16-14-21(15-17-31)18-20-8-4-3-5-9-20/h3-13,19,21H,14-18H2,1-2H3. The van der Waals surface area contributed by atoms with E-state index in [-0.39, 0.29) is 11.8 Å². The Balaban J connectivity index is 1.33. The Morgan fingerprint density at radius 3 is 2.27 bits per heavy atom. The summed E-state index contributed by atoms with van der Waals surface area (Å²) < 4.78 is 0. The van der Waals surface area contributed by atoms with E-state index in [1.807, 2.05) is 65.4 Å². The Kier molecular flexibility index (Phi) is 5.63. The van der Waals surface area contributed by atoms with Crippen molar-refractivity contribution in [2.24, 2.45) is 5.92 Å². The summed E-state index contributed by atoms with van der Waals surface area (Å²) in [5.41, 5.74) is 5.19. The predicted octanol–water partition coefficient (Wildman–Crippen LogP) is 5.14. The molecule has 3 aromatic carbocycles. The molecular formula is C28H29N3O2. The number of piperidine rings is 1. The smallest absolute Gasteiger partial charge is 0.260 e. The molecule has 0 bridgehead atoms. The number of hydrogen-bond acceptors (Lipinski definition) is 3. The summed E-state index contributed by atoms with van der Waals surface area (Å²) in [6, 6.07) is 23.9. The predicted molar refractivity (Wildman–Crippen MR) is 132 cm³/mol. The van der Waals surface area contributed by atoms with Crippen LogP contribution in [-0.4, -0.2) is 43.9 Å². The van der Waals surface area contributed by atoms with E-state index in [1.165, 1.54) is 5.56 Å². The van der Waals surface area contributed by atoms with Crippen molar-refractivity contribution in [2.75, 3.05) is 37.0 Å². The van der Waals surface area contributed by atoms with Crippen molar-refractivity contribution in [1.29, 1.82) is 0 Å². The molecule has 0 aromatic heterocycles. The Morgan fingerprint density at radius 2 is 1.52 bits per heavy atom. The van der Waals surface area contributed by atoms with Crippen molar-refractivity contribution < 1.29 is 9.59 Å². The summed E-state index contributed by atoms with van der Waals surface area (Å²) in [6.07, 6.45) is 3.10. The van der Waals surface area contributed by atoms with E-state index in [0.717, 1.165) is 49.4 Å². The average Bonchev–Trinajstić information content (AvgIpc) is 2.94. The van der Waals surface area contributed by atoms with E-state index in [1.54, 1.807) is 11.9 Å². The summed E-state index contributed by atoms with van der Waals surface area (Å²) in [4.78, 5) is 32.1. The van der Waals surface area contributed by atoms with Crippen LogP contribution in [0.1, 0.15) is 39.1 Å². The molecular weight excluding hydrogens is 410 g/mol. The summed E-state index contributed by atoms with van der Waals surface area (Å²) in [7, 11) is 3.74. The minimum absolute atomic E-state index is 0.0428. The average molecular weight is 440 g/mol. The molecule has 168 valence electrons. The first-order chi connectivity index (χ1) is 16.0. The van der Waals surface area contributed by atoms with Crippen molar-refractivity contribution in [3.8, 4) is 0 Å². The third-order valence-electron chi connectivity index (χ3n) is 7.01. The summed E-state index contributed by atoms with van der Waals surface area (Å²) in [6.45, 7) is 1.54. The number of nitrogens with zero attached hydrogens (tertiary/aromatic N) is 3. The number of carbonyl (C=O) groups is 2. The third-order valence-corrected chi connectivity index (χ3v) is 7.01. The van der Waals surface area contributed by atoms with Gasteiger partial charge in [0, 0.05) is 32.7 Å². The molecule has 1 saturated heterocycles. The number of rotatable bonds is 3. The van der Waals surface area contributed by atoms with Crippen LogP contribution in [0.15, 0.2) is 72.8 Å². The first kappa shape index (κ1) is 21.3. The minimum Gasteiger partial charge on any atom is -0.342 e. The summed E-state index contributed by atoms with van der Waals surface area (Å²) >= 11 is 0. The van der Waals surface area contributed by atoms with E-state index in [9.17, 15) is 9.59 Å². The van der Waals surface area contributed by atoms with Gasteiger partial charge in [0.15, 0.2) is 0 Å². The molecule has 0 atom stereocenters. The number of anilines is 3. The highest BCUT2D eigenvalue weighted by Gasteiger charge is 2.29. The van der Waals surface area contributed by atoms with Gasteiger partial charge in [0.05, 0.1) is 22.6 Å². The lowest BCUT2D eigenvalue weighted by Gasteiger charge is -2.32. The van der Waals surface area contributed by atoms with Crippen molar-refractivity contribution in [1.82, 2.24) is 4.90 Å². The molecule has 0 aliphatic carbocycles. The summed E-state index contributed by atoms with van der Waals surface area (Å²) in [5, 5.41) is 0. The van der Waals surface area contributed by atoms with Crippen LogP contribution in [0.4, 0.5) is 17.1 Å². The van der Waals surface area contributed by atoms with Crippen LogP contribution < -0.4 is 9.80 Å². The molecule has 2 heterocycles. The minimum atomic E-state index is -0.0671. The van der Waals surface area contributed by atoms with Gasteiger partial charge in [-0.2, -0.15) is 0 Å². The molecule has 5 rings (SSSR count). The maximum atomic E-state index is 13.3. The van der Waals surface area contributed by atoms with Crippen LogP contribution in [0.2, 0.25) is 0 Å². The third kappa shape index (κ3) is 3.99. The van der Waals surface area contributed by atoms with Crippen molar-refractivity contribution in [3.05, 3.63) is 89.5 Å². The number of likely N-dealkylation sites (tertiary alicyclic amines) is 1. The quantitative estimate of drug-likeness (QED) is 0.568. The number of carbonyl (C=O) groups excluding carboxylic acids is 2. The van der Waals surface area contributed by atoms with Gasteiger partial charge in [-0.1, -0.05) is 42.5 Å². The monoisotopic (exact) mass is 439 g/mol. The number of amides is 2. The van der Waals surface area contributed by atoms with E-state index >= 15 is 0 Å². The highest BCUT2D eigenvalue weighted by Crippen LogP contribution is 2.39. The van der Waals surface area contributed by atoms with Gasteiger partial charge in [-0.3, -0.25) is 9.59 Å². The van der Waals surface area contributed by atoms with E-state index in [0.29, 0.717) is 17.0 Å². The van der Waals surface area contributed by atoms with Gasteiger partial charge in [0.25, 0.3) is 11.8 Å². The lowest BCUT2D eigenvalue weighted by Crippen LogP contribution is -2.39. The first-order valence-electron chi connectivity index (χ1n) is 11.6. The van der Waals surface area contributed by atoms with Gasteiger partial charge in [0.2, 0.25) is 0 Å². The van der Waals surface area contributed by atoms with Crippen LogP contribution in [0.5, 0.6) is 0 Å². The van der Waals surface area contributed by atoms with Crippen LogP contribution in [0.25, 0.3) is 0 Å². The van der Waals surface area contributed by atoms with Gasteiger partial charge in [-0.25, -0.2) is 0 Å². The molecule has 1 fully saturated rings. The maximum Gasteiger partial charge on any atom is 0.260 e. The largest absolute Gasteiger partial charge is 0.342 e. The molecule has 2 amide bonds. The van der Waals surface area contributed by atoms with E-state index < -0.39 is 0 Å². The maximum absolute atomic E-state index is 13.3. The Morgan fingerprint density at radius 1 is 0.818 bits per heavy atom. The Hall–Kier alpha value is -3.60. The number of benzene rings is 3. The van der Waals surface area contributed by atoms with Crippen molar-refractivity contribution in [3.63, 3.8) is 0 Å². The fraction of sp³-hybridized carbons (Fsp3) is 0.286. The number of fused-ring (bicyclic) bond motifs is 2. The molecule has 5 heteroatoms. The molecule has 33 heavy (non-hydrogen) atoms. The fourth-order valence-electron chi connectivity index (χ4n) is 5.05. The zero-order valence-corrected chi connectivity index (χ0v) is 19.2. The highest BCUT2D eigenvalue weighted by molar-refractivity contribution is 6.14. The van der Waals surface area contributed by atoms with Gasteiger partial charge in [-0.05, 0) is 61.1 Å². The molecule has 2 aliphatic heterocycles. The zero-order valence-electron chi connectivity index (χ0n) is 19.2. The molecule has 0 unspecified atom stereocenters. The topological polar surface area (TPSA) is 43.9 Å². The lowest BCUT2D eigenvalue weighted by molar-refractivity contribution is 0.0690. The number of hydrogen-bond donors (Lipinski definition) is 0. The molecule has 2 aliphatic rings. The Bertz CT molecular complexity index is 1180. The van der Waals surface area contributed by atoms with Crippen LogP contribution >= 0.6 is 0 Å². The Labute approximate surface area is 195 Å². The van der Waals surface area contributed by atoms with Crippen LogP contribution in [0, 0.1) is 5.92 Å². The van der Waals surface area contributed by atoms with E-state index in [2.05, 4.69) is 24.3 Å². The van der Waals surface area contributed by atoms with Gasteiger partial charge in [-0.15, -0.1) is 0 Å². The van der Waals surface area contributed by atoms with Gasteiger partial charge >= 0.3 is 0 Å². The van der Waals surface area contributed by atoms with Gasteiger partial charge in [0.1, 0.15) is 0 Å². The highest BCUT2D eigenvalue weighted by atomic mass is 16.2. The van der Waals surface area contributed by atoms with Gasteiger partial charge < -0.3 is 14.7 Å². The zero-order chi connectivity index (χ0) is 22.9. The number of para-hydroxylation sites is 1. The molecule has 0 N–H and O–H groups in total. The van der Waals surface area contributed by atoms with E-state index in [4.69, 9.17) is 0 Å². The molecule has 0 saturated carbocycles. The van der Waals surface area contributed by atoms with Crippen LogP contribution in [0.3, 0.4) is 0 Å². The first-order valence-corrected chi connectivity index (χ1v) is 11.6. The normalized spacial score (nSPS) is 16.3. The second-order valence-electron chi connectivity index (χ2n) is 9.07.